The van der Waals surface area contributed by atoms with Gasteiger partial charge >= 0.3 is 0 Å². The van der Waals surface area contributed by atoms with Crippen LogP contribution < -0.4 is 0 Å². The molecule has 0 aliphatic carbocycles. The van der Waals surface area contributed by atoms with Gasteiger partial charge in [0.25, 0.3) is 0 Å². The third-order valence-corrected chi connectivity index (χ3v) is 8.02. The van der Waals surface area contributed by atoms with E-state index in [2.05, 4.69) is 30.5 Å². The topological polar surface area (TPSA) is 3.24 Å². The number of rotatable bonds is 2. The maximum atomic E-state index is 3.72. The van der Waals surface area contributed by atoms with Gasteiger partial charge in [0.1, 0.15) is 8.24 Å². The van der Waals surface area contributed by atoms with Gasteiger partial charge in [0.2, 0.25) is 0 Å². The molecule has 0 N–H and O–H groups in total. The van der Waals surface area contributed by atoms with E-state index in [0.717, 1.165) is 10.4 Å². The third-order valence-electron chi connectivity index (χ3n) is 1.33. The van der Waals surface area contributed by atoms with Crippen LogP contribution in [-0.2, 0) is 0 Å². The second kappa shape index (κ2) is 2.50. The molecular weight excluding hydrogens is 130 g/mol. The molecule has 0 saturated heterocycles. The molecule has 1 nitrogen and oxygen atoms in total. The van der Waals surface area contributed by atoms with E-state index >= 15 is 0 Å². The molecule has 8 heavy (non-hydrogen) atoms. The van der Waals surface area contributed by atoms with E-state index in [-0.39, 0.29) is 0 Å². The Morgan fingerprint density at radius 2 is 1.88 bits per heavy atom. The SMILES string of the molecule is C=CN([SiH3])[Si](C)(C)C. The third kappa shape index (κ3) is 2.32. The predicted molar refractivity (Wildman–Crippen MR) is 45.3 cm³/mol. The molecule has 0 fully saturated rings. The molecule has 0 aromatic rings. The van der Waals surface area contributed by atoms with Gasteiger partial charge in [-0.3, -0.25) is 0 Å². The zero-order chi connectivity index (χ0) is 6.78. The minimum atomic E-state index is -0.984. The number of hydrogen-bond acceptors (Lipinski definition) is 1. The zero-order valence-electron chi connectivity index (χ0n) is 6.23. The van der Waals surface area contributed by atoms with E-state index in [1.165, 1.54) is 0 Å². The number of nitrogens with zero attached hydrogens (tertiary/aromatic N) is 1. The van der Waals surface area contributed by atoms with Crippen LogP contribution in [0.5, 0.6) is 0 Å². The van der Waals surface area contributed by atoms with Gasteiger partial charge in [-0.1, -0.05) is 26.2 Å². The zero-order valence-corrected chi connectivity index (χ0v) is 9.23. The highest BCUT2D eigenvalue weighted by Gasteiger charge is 2.14. The van der Waals surface area contributed by atoms with E-state index in [9.17, 15) is 0 Å². The molecule has 0 aliphatic heterocycles. The fourth-order valence-electron chi connectivity index (χ4n) is 0.274. The summed E-state index contributed by atoms with van der Waals surface area (Å²) in [5, 5.41) is 0. The van der Waals surface area contributed by atoms with Crippen molar-refractivity contribution in [3.63, 3.8) is 0 Å². The Labute approximate surface area is 56.0 Å². The van der Waals surface area contributed by atoms with Crippen molar-refractivity contribution in [2.24, 2.45) is 0 Å². The first-order valence-corrected chi connectivity index (χ1v) is 7.18. The fourth-order valence-corrected chi connectivity index (χ4v) is 0.822. The monoisotopic (exact) mass is 145 g/mol. The van der Waals surface area contributed by atoms with E-state index in [4.69, 9.17) is 0 Å². The van der Waals surface area contributed by atoms with Gasteiger partial charge in [-0.25, -0.2) is 0 Å². The van der Waals surface area contributed by atoms with Gasteiger partial charge in [0.15, 0.2) is 0 Å². The van der Waals surface area contributed by atoms with Crippen LogP contribution >= 0.6 is 0 Å². The van der Waals surface area contributed by atoms with Crippen molar-refractivity contribution in [3.05, 3.63) is 12.8 Å². The summed E-state index contributed by atoms with van der Waals surface area (Å²) in [6.45, 7) is 10.7. The van der Waals surface area contributed by atoms with Crippen LogP contribution in [0, 0.1) is 0 Å². The minimum Gasteiger partial charge on any atom is -0.438 e. The summed E-state index contributed by atoms with van der Waals surface area (Å²) < 4.78 is 2.35. The Bertz CT molecular complexity index is 84.9. The van der Waals surface area contributed by atoms with Crippen molar-refractivity contribution in [2.75, 3.05) is 0 Å². The van der Waals surface area contributed by atoms with E-state index in [1.54, 1.807) is 0 Å². The lowest BCUT2D eigenvalue weighted by Gasteiger charge is -2.28. The summed E-state index contributed by atoms with van der Waals surface area (Å²) >= 11 is 0. The Kier molecular flexibility index (Phi) is 2.49. The molecule has 0 spiro atoms. The standard InChI is InChI=1S/C5H15NSi2/c1-5-6(7)8(2,3)4/h5H,1H2,2-4,7H3. The summed E-state index contributed by atoms with van der Waals surface area (Å²) in [6.07, 6.45) is 1.96. The molecular formula is C5H15NSi2. The van der Waals surface area contributed by atoms with Crippen LogP contribution in [0.1, 0.15) is 0 Å². The molecule has 0 bridgehead atoms. The molecule has 0 atom stereocenters. The van der Waals surface area contributed by atoms with Crippen molar-refractivity contribution >= 4 is 18.6 Å². The summed E-state index contributed by atoms with van der Waals surface area (Å²) in [4.78, 5) is 0. The van der Waals surface area contributed by atoms with Crippen molar-refractivity contribution < 1.29 is 0 Å². The molecule has 48 valence electrons. The highest BCUT2D eigenvalue weighted by Crippen LogP contribution is 2.03. The molecule has 0 aliphatic rings. The van der Waals surface area contributed by atoms with Crippen molar-refractivity contribution in [1.29, 1.82) is 0 Å². The Morgan fingerprint density at radius 3 is 1.88 bits per heavy atom. The number of hydrogen-bond donors (Lipinski definition) is 0. The van der Waals surface area contributed by atoms with Crippen LogP contribution in [0.3, 0.4) is 0 Å². The maximum absolute atomic E-state index is 3.72. The lowest BCUT2D eigenvalue weighted by atomic mass is 11.1. The molecule has 0 saturated carbocycles. The van der Waals surface area contributed by atoms with Gasteiger partial charge in [0, 0.05) is 0 Å². The molecule has 0 unspecified atom stereocenters. The Morgan fingerprint density at radius 1 is 1.50 bits per heavy atom. The molecule has 0 rings (SSSR count). The smallest absolute Gasteiger partial charge is 0.137 e. The Hall–Kier alpha value is -0.0262. The minimum absolute atomic E-state index is 0.984. The first-order valence-electron chi connectivity index (χ1n) is 2.84. The van der Waals surface area contributed by atoms with Crippen LogP contribution in [0.15, 0.2) is 12.8 Å². The molecule has 0 aromatic carbocycles. The average Bonchev–Trinajstić information content (AvgIpc) is 1.62. The fraction of sp³-hybridized carbons (Fsp3) is 0.600. The van der Waals surface area contributed by atoms with Crippen LogP contribution in [0.2, 0.25) is 19.6 Å². The lowest BCUT2D eigenvalue weighted by molar-refractivity contribution is 0.905. The van der Waals surface area contributed by atoms with Gasteiger partial charge < -0.3 is 4.23 Å². The van der Waals surface area contributed by atoms with Crippen LogP contribution in [0.25, 0.3) is 0 Å². The van der Waals surface area contributed by atoms with E-state index < -0.39 is 8.24 Å². The lowest BCUT2D eigenvalue weighted by Crippen LogP contribution is -2.39. The van der Waals surface area contributed by atoms with Crippen LogP contribution in [0.4, 0.5) is 0 Å². The predicted octanol–water partition coefficient (Wildman–Crippen LogP) is 0.547. The van der Waals surface area contributed by atoms with Gasteiger partial charge in [-0.2, -0.15) is 0 Å². The van der Waals surface area contributed by atoms with Gasteiger partial charge in [-0.15, -0.1) is 0 Å². The summed E-state index contributed by atoms with van der Waals surface area (Å²) in [6, 6.07) is 0. The maximum Gasteiger partial charge on any atom is 0.137 e. The first-order chi connectivity index (χ1) is 3.48. The molecule has 0 aromatic heterocycles. The quantitative estimate of drug-likeness (QED) is 0.513. The molecule has 0 heterocycles. The first kappa shape index (κ1) is 7.97. The van der Waals surface area contributed by atoms with Gasteiger partial charge in [-0.05, 0) is 6.20 Å². The normalized spacial score (nSPS) is 11.4. The molecule has 0 amide bonds. The summed E-state index contributed by atoms with van der Waals surface area (Å²) in [5.74, 6) is 0. The average molecular weight is 145 g/mol. The second-order valence-corrected chi connectivity index (χ2v) is 9.87. The highest BCUT2D eigenvalue weighted by molar-refractivity contribution is 6.77. The molecule has 0 radical (unpaired) electrons. The van der Waals surface area contributed by atoms with Crippen LogP contribution in [-0.4, -0.2) is 22.9 Å². The van der Waals surface area contributed by atoms with E-state index in [1.807, 2.05) is 6.20 Å². The van der Waals surface area contributed by atoms with Crippen molar-refractivity contribution in [1.82, 2.24) is 4.23 Å². The summed E-state index contributed by atoms with van der Waals surface area (Å²) in [7, 11) is 0.142. The highest BCUT2D eigenvalue weighted by atomic mass is 28.4. The Balaban J connectivity index is 3.80. The van der Waals surface area contributed by atoms with Gasteiger partial charge in [0.05, 0.1) is 10.4 Å². The molecule has 3 heteroatoms. The van der Waals surface area contributed by atoms with Crippen molar-refractivity contribution in [3.8, 4) is 0 Å². The summed E-state index contributed by atoms with van der Waals surface area (Å²) in [5.41, 5.74) is 0. The largest absolute Gasteiger partial charge is 0.438 e. The second-order valence-electron chi connectivity index (χ2n) is 2.96. The van der Waals surface area contributed by atoms with E-state index in [0.29, 0.717) is 0 Å². The van der Waals surface area contributed by atoms with Crippen molar-refractivity contribution in [2.45, 2.75) is 19.6 Å².